The lowest BCUT2D eigenvalue weighted by Crippen LogP contribution is -2.39. The Labute approximate surface area is 145 Å². The van der Waals surface area contributed by atoms with E-state index >= 15 is 0 Å². The molecule has 2 aromatic carbocycles. The summed E-state index contributed by atoms with van der Waals surface area (Å²) >= 11 is 5.78. The van der Waals surface area contributed by atoms with Crippen LogP contribution in [0, 0.1) is 0 Å². The van der Waals surface area contributed by atoms with E-state index in [4.69, 9.17) is 21.1 Å². The molecule has 0 radical (unpaired) electrons. The van der Waals surface area contributed by atoms with Crippen molar-refractivity contribution in [2.45, 2.75) is 19.6 Å². The molecule has 2 aromatic rings. The van der Waals surface area contributed by atoms with Crippen LogP contribution in [0.25, 0.3) is 0 Å². The lowest BCUT2D eigenvalue weighted by molar-refractivity contribution is -0.145. The van der Waals surface area contributed by atoms with Gasteiger partial charge in [-0.1, -0.05) is 41.9 Å². The number of nitrogens with one attached hydrogen (secondary N) is 1. The Morgan fingerprint density at radius 2 is 1.75 bits per heavy atom. The van der Waals surface area contributed by atoms with Gasteiger partial charge in [-0.15, -0.1) is 0 Å². The first kappa shape index (κ1) is 17.8. The Morgan fingerprint density at radius 1 is 1.08 bits per heavy atom. The summed E-state index contributed by atoms with van der Waals surface area (Å²) in [6, 6.07) is 16.0. The average Bonchev–Trinajstić information content (AvgIpc) is 2.60. The van der Waals surface area contributed by atoms with E-state index in [0.717, 1.165) is 5.56 Å². The Balaban J connectivity index is 1.71. The minimum Gasteiger partial charge on any atom is -0.481 e. The van der Waals surface area contributed by atoms with Crippen LogP contribution in [-0.2, 0) is 20.9 Å². The molecule has 126 valence electrons. The van der Waals surface area contributed by atoms with Gasteiger partial charge >= 0.3 is 5.97 Å². The van der Waals surface area contributed by atoms with Gasteiger partial charge in [-0.3, -0.25) is 9.59 Å². The van der Waals surface area contributed by atoms with Crippen molar-refractivity contribution in [2.75, 3.05) is 6.54 Å². The molecule has 1 unspecified atom stereocenters. The van der Waals surface area contributed by atoms with Crippen molar-refractivity contribution >= 4 is 23.5 Å². The van der Waals surface area contributed by atoms with E-state index in [9.17, 15) is 9.59 Å². The van der Waals surface area contributed by atoms with Crippen molar-refractivity contribution in [3.63, 3.8) is 0 Å². The first-order chi connectivity index (χ1) is 11.5. The lowest BCUT2D eigenvalue weighted by Gasteiger charge is -2.14. The third-order valence-electron chi connectivity index (χ3n) is 3.15. The summed E-state index contributed by atoms with van der Waals surface area (Å²) in [5.41, 5.74) is 0.886. The molecule has 1 atom stereocenters. The topological polar surface area (TPSA) is 64.6 Å². The number of amides is 1. The third kappa shape index (κ3) is 5.93. The summed E-state index contributed by atoms with van der Waals surface area (Å²) in [5.74, 6) is -0.388. The fraction of sp³-hybridized carbons (Fsp3) is 0.222. The zero-order valence-corrected chi connectivity index (χ0v) is 14.0. The molecule has 0 bridgehead atoms. The summed E-state index contributed by atoms with van der Waals surface area (Å²) in [5, 5.41) is 3.07. The lowest BCUT2D eigenvalue weighted by atomic mass is 10.2. The second kappa shape index (κ2) is 8.93. The number of ether oxygens (including phenoxy) is 2. The number of benzene rings is 2. The highest BCUT2D eigenvalue weighted by Gasteiger charge is 2.16. The molecule has 5 nitrogen and oxygen atoms in total. The van der Waals surface area contributed by atoms with Crippen molar-refractivity contribution < 1.29 is 19.1 Å². The second-order valence-corrected chi connectivity index (χ2v) is 5.51. The van der Waals surface area contributed by atoms with Crippen molar-refractivity contribution in [2.24, 2.45) is 0 Å². The normalized spacial score (nSPS) is 11.4. The number of rotatable bonds is 7. The molecule has 24 heavy (non-hydrogen) atoms. The number of carbonyl (C=O) groups is 2. The van der Waals surface area contributed by atoms with Crippen molar-refractivity contribution in [1.82, 2.24) is 5.32 Å². The second-order valence-electron chi connectivity index (χ2n) is 5.08. The maximum atomic E-state index is 11.9. The molecule has 0 aliphatic carbocycles. The summed E-state index contributed by atoms with van der Waals surface area (Å²) in [6.07, 6.45) is -0.743. The van der Waals surface area contributed by atoms with Gasteiger partial charge in [0, 0.05) is 5.02 Å². The first-order valence-electron chi connectivity index (χ1n) is 7.44. The minimum atomic E-state index is -0.743. The number of esters is 1. The van der Waals surface area contributed by atoms with Gasteiger partial charge in [0.05, 0.1) is 0 Å². The van der Waals surface area contributed by atoms with Gasteiger partial charge in [-0.05, 0) is 36.8 Å². The Kier molecular flexibility index (Phi) is 6.63. The molecule has 0 saturated heterocycles. The molecule has 0 fully saturated rings. The first-order valence-corrected chi connectivity index (χ1v) is 7.82. The van der Waals surface area contributed by atoms with Crippen LogP contribution < -0.4 is 10.1 Å². The van der Waals surface area contributed by atoms with E-state index in [2.05, 4.69) is 5.32 Å². The van der Waals surface area contributed by atoms with Gasteiger partial charge in [0.2, 0.25) is 0 Å². The van der Waals surface area contributed by atoms with E-state index in [1.54, 1.807) is 31.2 Å². The van der Waals surface area contributed by atoms with Crippen LogP contribution in [0.5, 0.6) is 5.75 Å². The Bertz CT molecular complexity index is 673. The van der Waals surface area contributed by atoms with Gasteiger partial charge in [0.25, 0.3) is 5.91 Å². The fourth-order valence-corrected chi connectivity index (χ4v) is 1.99. The molecule has 0 aliphatic heterocycles. The summed E-state index contributed by atoms with van der Waals surface area (Å²) in [6.45, 7) is 1.56. The number of halogens is 1. The third-order valence-corrected chi connectivity index (χ3v) is 3.40. The number of hydrogen-bond donors (Lipinski definition) is 1. The van der Waals surface area contributed by atoms with Gasteiger partial charge < -0.3 is 14.8 Å². The van der Waals surface area contributed by atoms with Crippen molar-refractivity contribution in [1.29, 1.82) is 0 Å². The van der Waals surface area contributed by atoms with Crippen LogP contribution in [0.4, 0.5) is 0 Å². The smallest absolute Gasteiger partial charge is 0.325 e. The van der Waals surface area contributed by atoms with Crippen molar-refractivity contribution in [3.05, 3.63) is 65.2 Å². The van der Waals surface area contributed by atoms with Crippen LogP contribution in [0.2, 0.25) is 5.02 Å². The quantitative estimate of drug-likeness (QED) is 0.782. The van der Waals surface area contributed by atoms with E-state index in [1.807, 2.05) is 30.3 Å². The molecule has 0 aromatic heterocycles. The molecule has 1 N–H and O–H groups in total. The summed E-state index contributed by atoms with van der Waals surface area (Å²) in [7, 11) is 0. The molecule has 0 aliphatic rings. The summed E-state index contributed by atoms with van der Waals surface area (Å²) in [4.78, 5) is 23.6. The SMILES string of the molecule is CC(Oc1ccc(Cl)cc1)C(=O)NCC(=O)OCc1ccccc1. The molecule has 0 saturated carbocycles. The van der Waals surface area contributed by atoms with Gasteiger partial charge in [0.1, 0.15) is 18.9 Å². The number of carbonyl (C=O) groups excluding carboxylic acids is 2. The molecular weight excluding hydrogens is 330 g/mol. The van der Waals surface area contributed by atoms with Crippen LogP contribution in [0.1, 0.15) is 12.5 Å². The monoisotopic (exact) mass is 347 g/mol. The molecule has 0 heterocycles. The van der Waals surface area contributed by atoms with E-state index < -0.39 is 18.0 Å². The largest absolute Gasteiger partial charge is 0.481 e. The molecular formula is C18H18ClNO4. The molecule has 0 spiro atoms. The maximum Gasteiger partial charge on any atom is 0.325 e. The van der Waals surface area contributed by atoms with Crippen LogP contribution >= 0.6 is 11.6 Å². The van der Waals surface area contributed by atoms with Crippen LogP contribution in [0.3, 0.4) is 0 Å². The predicted molar refractivity (Wildman–Crippen MR) is 90.8 cm³/mol. The highest BCUT2D eigenvalue weighted by atomic mass is 35.5. The molecule has 2 rings (SSSR count). The van der Waals surface area contributed by atoms with E-state index in [1.165, 1.54) is 0 Å². The maximum absolute atomic E-state index is 11.9. The van der Waals surface area contributed by atoms with E-state index in [0.29, 0.717) is 10.8 Å². The van der Waals surface area contributed by atoms with Gasteiger partial charge in [0.15, 0.2) is 6.10 Å². The van der Waals surface area contributed by atoms with Gasteiger partial charge in [-0.25, -0.2) is 0 Å². The van der Waals surface area contributed by atoms with E-state index in [-0.39, 0.29) is 13.2 Å². The number of hydrogen-bond acceptors (Lipinski definition) is 4. The molecule has 1 amide bonds. The zero-order valence-electron chi connectivity index (χ0n) is 13.2. The van der Waals surface area contributed by atoms with Gasteiger partial charge in [-0.2, -0.15) is 0 Å². The average molecular weight is 348 g/mol. The molecule has 6 heteroatoms. The predicted octanol–water partition coefficient (Wildman–Crippen LogP) is 2.97. The highest BCUT2D eigenvalue weighted by molar-refractivity contribution is 6.30. The minimum absolute atomic E-state index is 0.173. The summed E-state index contributed by atoms with van der Waals surface area (Å²) < 4.78 is 10.6. The Morgan fingerprint density at radius 3 is 2.42 bits per heavy atom. The zero-order chi connectivity index (χ0) is 17.4. The standard InChI is InChI=1S/C18H18ClNO4/c1-13(24-16-9-7-15(19)8-10-16)18(22)20-11-17(21)23-12-14-5-3-2-4-6-14/h2-10,13H,11-12H2,1H3,(H,20,22). The fourth-order valence-electron chi connectivity index (χ4n) is 1.86. The van der Waals surface area contributed by atoms with Crippen LogP contribution in [0.15, 0.2) is 54.6 Å². The Hall–Kier alpha value is -2.53. The van der Waals surface area contributed by atoms with Crippen molar-refractivity contribution in [3.8, 4) is 5.75 Å². The van der Waals surface area contributed by atoms with Crippen LogP contribution in [-0.4, -0.2) is 24.5 Å². The highest BCUT2D eigenvalue weighted by Crippen LogP contribution is 2.16.